The lowest BCUT2D eigenvalue weighted by molar-refractivity contribution is 0.172. The van der Waals surface area contributed by atoms with Gasteiger partial charge in [0.05, 0.1) is 0 Å². The van der Waals surface area contributed by atoms with Crippen LogP contribution in [0, 0.1) is 5.41 Å². The van der Waals surface area contributed by atoms with Crippen LogP contribution in [0.2, 0.25) is 0 Å². The number of benzene rings is 1. The second-order valence-electron chi connectivity index (χ2n) is 6.01. The highest BCUT2D eigenvalue weighted by Crippen LogP contribution is 2.48. The average molecular weight is 261 g/mol. The van der Waals surface area contributed by atoms with Crippen LogP contribution >= 0.6 is 11.8 Å². The standard InChI is InChI=1S/C16H23NS/c17-12-16(8-4-1-5-9-16)10-13-11-18-15-7-3-2-6-14(13)15/h2-3,6-7,13H,1,4-5,8-12,17H2. The number of thioether (sulfide) groups is 1. The van der Waals surface area contributed by atoms with Gasteiger partial charge >= 0.3 is 0 Å². The molecule has 1 unspecified atom stereocenters. The van der Waals surface area contributed by atoms with Crippen molar-refractivity contribution in [3.05, 3.63) is 29.8 Å². The Morgan fingerprint density at radius 2 is 1.94 bits per heavy atom. The minimum atomic E-state index is 0.445. The molecule has 1 aromatic rings. The van der Waals surface area contributed by atoms with Gasteiger partial charge < -0.3 is 5.73 Å². The molecule has 0 amide bonds. The summed E-state index contributed by atoms with van der Waals surface area (Å²) < 4.78 is 0. The second-order valence-corrected chi connectivity index (χ2v) is 7.08. The molecule has 98 valence electrons. The van der Waals surface area contributed by atoms with Gasteiger partial charge in [0.2, 0.25) is 0 Å². The molecule has 0 spiro atoms. The molecule has 2 heteroatoms. The maximum Gasteiger partial charge on any atom is 0.0107 e. The first-order chi connectivity index (χ1) is 8.83. The Morgan fingerprint density at radius 1 is 1.17 bits per heavy atom. The number of rotatable bonds is 3. The quantitative estimate of drug-likeness (QED) is 0.883. The van der Waals surface area contributed by atoms with Crippen LogP contribution in [0.15, 0.2) is 29.2 Å². The lowest BCUT2D eigenvalue weighted by Crippen LogP contribution is -2.34. The smallest absolute Gasteiger partial charge is 0.0107 e. The van der Waals surface area contributed by atoms with Gasteiger partial charge in [0.25, 0.3) is 0 Å². The third kappa shape index (κ3) is 2.33. The van der Waals surface area contributed by atoms with Gasteiger partial charge in [0, 0.05) is 10.6 Å². The van der Waals surface area contributed by atoms with Crippen molar-refractivity contribution in [3.8, 4) is 0 Å². The van der Waals surface area contributed by atoms with Gasteiger partial charge in [-0.25, -0.2) is 0 Å². The molecular weight excluding hydrogens is 238 g/mol. The molecule has 0 radical (unpaired) electrons. The number of fused-ring (bicyclic) bond motifs is 1. The largest absolute Gasteiger partial charge is 0.330 e. The summed E-state index contributed by atoms with van der Waals surface area (Å²) >= 11 is 2.03. The van der Waals surface area contributed by atoms with Crippen LogP contribution in [0.1, 0.15) is 50.0 Å². The topological polar surface area (TPSA) is 26.0 Å². The number of hydrogen-bond donors (Lipinski definition) is 1. The highest BCUT2D eigenvalue weighted by atomic mass is 32.2. The first-order valence-electron chi connectivity index (χ1n) is 7.25. The summed E-state index contributed by atoms with van der Waals surface area (Å²) in [5.74, 6) is 2.01. The lowest BCUT2D eigenvalue weighted by atomic mass is 9.68. The van der Waals surface area contributed by atoms with E-state index in [0.29, 0.717) is 5.41 Å². The van der Waals surface area contributed by atoms with Crippen LogP contribution in [0.5, 0.6) is 0 Å². The van der Waals surface area contributed by atoms with Gasteiger partial charge in [-0.1, -0.05) is 37.5 Å². The fraction of sp³-hybridized carbons (Fsp3) is 0.625. The van der Waals surface area contributed by atoms with Crippen molar-refractivity contribution in [2.24, 2.45) is 11.1 Å². The lowest BCUT2D eigenvalue weighted by Gasteiger charge is -2.38. The Labute approximate surface area is 115 Å². The predicted molar refractivity (Wildman–Crippen MR) is 79.1 cm³/mol. The number of nitrogens with two attached hydrogens (primary N) is 1. The van der Waals surface area contributed by atoms with Crippen molar-refractivity contribution in [2.75, 3.05) is 12.3 Å². The van der Waals surface area contributed by atoms with E-state index in [2.05, 4.69) is 24.3 Å². The van der Waals surface area contributed by atoms with Crippen LogP contribution < -0.4 is 5.73 Å². The highest BCUT2D eigenvalue weighted by molar-refractivity contribution is 7.99. The summed E-state index contributed by atoms with van der Waals surface area (Å²) in [5, 5.41) is 0. The Balaban J connectivity index is 1.77. The molecular formula is C16H23NS. The normalized spacial score (nSPS) is 25.9. The average Bonchev–Trinajstić information content (AvgIpc) is 2.83. The fourth-order valence-corrected chi connectivity index (χ4v) is 4.97. The second kappa shape index (κ2) is 5.26. The molecule has 3 rings (SSSR count). The third-order valence-corrected chi connectivity index (χ3v) is 6.08. The van der Waals surface area contributed by atoms with Gasteiger partial charge in [-0.3, -0.25) is 0 Å². The molecule has 0 saturated heterocycles. The van der Waals surface area contributed by atoms with Crippen LogP contribution in [0.4, 0.5) is 0 Å². The van der Waals surface area contributed by atoms with Gasteiger partial charge in [-0.05, 0) is 48.8 Å². The van der Waals surface area contributed by atoms with E-state index in [0.717, 1.165) is 12.5 Å². The first kappa shape index (κ1) is 12.6. The Kier molecular flexibility index (Phi) is 3.67. The molecule has 0 aromatic heterocycles. The van der Waals surface area contributed by atoms with E-state index >= 15 is 0 Å². The summed E-state index contributed by atoms with van der Waals surface area (Å²) in [5.41, 5.74) is 8.16. The summed E-state index contributed by atoms with van der Waals surface area (Å²) in [6.45, 7) is 0.885. The summed E-state index contributed by atoms with van der Waals surface area (Å²) in [6.07, 6.45) is 8.21. The predicted octanol–water partition coefficient (Wildman–Crippen LogP) is 4.18. The van der Waals surface area contributed by atoms with Gasteiger partial charge in [-0.15, -0.1) is 11.8 Å². The van der Waals surface area contributed by atoms with E-state index in [9.17, 15) is 0 Å². The van der Waals surface area contributed by atoms with Crippen molar-refractivity contribution >= 4 is 11.8 Å². The maximum absolute atomic E-state index is 6.13. The molecule has 1 aliphatic heterocycles. The van der Waals surface area contributed by atoms with Gasteiger partial charge in [0.1, 0.15) is 0 Å². The van der Waals surface area contributed by atoms with E-state index in [1.165, 1.54) is 49.2 Å². The first-order valence-corrected chi connectivity index (χ1v) is 8.23. The third-order valence-electron chi connectivity index (χ3n) is 4.83. The van der Waals surface area contributed by atoms with Gasteiger partial charge in [-0.2, -0.15) is 0 Å². The van der Waals surface area contributed by atoms with Crippen LogP contribution in [0.25, 0.3) is 0 Å². The zero-order chi connectivity index (χ0) is 12.4. The van der Waals surface area contributed by atoms with E-state index in [4.69, 9.17) is 5.73 Å². The SMILES string of the molecule is NCC1(CC2CSc3ccccc32)CCCCC1. The molecule has 1 atom stereocenters. The molecule has 1 saturated carbocycles. The van der Waals surface area contributed by atoms with E-state index in [1.807, 2.05) is 11.8 Å². The van der Waals surface area contributed by atoms with E-state index in [-0.39, 0.29) is 0 Å². The van der Waals surface area contributed by atoms with Crippen molar-refractivity contribution in [3.63, 3.8) is 0 Å². The molecule has 1 nitrogen and oxygen atoms in total. The molecule has 1 aliphatic carbocycles. The molecule has 1 heterocycles. The minimum Gasteiger partial charge on any atom is -0.330 e. The zero-order valence-electron chi connectivity index (χ0n) is 11.0. The maximum atomic E-state index is 6.13. The Bertz CT molecular complexity index is 409. The van der Waals surface area contributed by atoms with E-state index < -0.39 is 0 Å². The van der Waals surface area contributed by atoms with Gasteiger partial charge in [0.15, 0.2) is 0 Å². The van der Waals surface area contributed by atoms with Crippen LogP contribution in [-0.2, 0) is 0 Å². The van der Waals surface area contributed by atoms with Crippen LogP contribution in [0.3, 0.4) is 0 Å². The Hall–Kier alpha value is -0.470. The molecule has 2 N–H and O–H groups in total. The monoisotopic (exact) mass is 261 g/mol. The van der Waals surface area contributed by atoms with Crippen molar-refractivity contribution in [1.29, 1.82) is 0 Å². The van der Waals surface area contributed by atoms with Crippen LogP contribution in [-0.4, -0.2) is 12.3 Å². The zero-order valence-corrected chi connectivity index (χ0v) is 11.8. The molecule has 0 bridgehead atoms. The molecule has 18 heavy (non-hydrogen) atoms. The fourth-order valence-electron chi connectivity index (χ4n) is 3.71. The van der Waals surface area contributed by atoms with Crippen molar-refractivity contribution in [1.82, 2.24) is 0 Å². The summed E-state index contributed by atoms with van der Waals surface area (Å²) in [6, 6.07) is 8.95. The summed E-state index contributed by atoms with van der Waals surface area (Å²) in [4.78, 5) is 1.51. The highest BCUT2D eigenvalue weighted by Gasteiger charge is 2.35. The minimum absolute atomic E-state index is 0.445. The number of hydrogen-bond acceptors (Lipinski definition) is 2. The Morgan fingerprint density at radius 3 is 2.72 bits per heavy atom. The molecule has 2 aliphatic rings. The summed E-state index contributed by atoms with van der Waals surface area (Å²) in [7, 11) is 0. The van der Waals surface area contributed by atoms with E-state index in [1.54, 1.807) is 5.56 Å². The molecule has 1 fully saturated rings. The molecule has 1 aromatic carbocycles. The van der Waals surface area contributed by atoms with Crippen molar-refractivity contribution in [2.45, 2.75) is 49.3 Å². The van der Waals surface area contributed by atoms with Crippen molar-refractivity contribution < 1.29 is 0 Å².